The molecule has 0 N–H and O–H groups in total. The lowest BCUT2D eigenvalue weighted by Crippen LogP contribution is -2.31. The van der Waals surface area contributed by atoms with Crippen molar-refractivity contribution in [1.82, 2.24) is 4.90 Å². The molecule has 1 heterocycles. The first-order valence-corrected chi connectivity index (χ1v) is 2.97. The highest BCUT2D eigenvalue weighted by Crippen LogP contribution is 1.89. The van der Waals surface area contributed by atoms with Crippen molar-refractivity contribution in [2.45, 2.75) is 6.42 Å². The van der Waals surface area contributed by atoms with E-state index in [0.717, 1.165) is 13.1 Å². The molecule has 0 fully saturated rings. The van der Waals surface area contributed by atoms with E-state index in [0.29, 0.717) is 0 Å². The lowest BCUT2D eigenvalue weighted by Gasteiger charge is -2.26. The van der Waals surface area contributed by atoms with Crippen LogP contribution in [-0.2, 0) is 0 Å². The van der Waals surface area contributed by atoms with Gasteiger partial charge in [-0.1, -0.05) is 0 Å². The predicted molar refractivity (Wildman–Crippen MR) is 33.3 cm³/mol. The second-order valence-electron chi connectivity index (χ2n) is 2.30. The van der Waals surface area contributed by atoms with E-state index in [4.69, 9.17) is 0 Å². The molecular formula is C6H12N2. The van der Waals surface area contributed by atoms with Crippen LogP contribution in [0, 0.1) is 0 Å². The van der Waals surface area contributed by atoms with Crippen LogP contribution in [0.15, 0.2) is 0 Å². The van der Waals surface area contributed by atoms with Crippen LogP contribution in [0.25, 0.3) is 0 Å². The summed E-state index contributed by atoms with van der Waals surface area (Å²) in [5, 5.41) is 0. The number of hydrogen-bond acceptors (Lipinski definition) is 1. The average molecular weight is 112 g/mol. The van der Waals surface area contributed by atoms with Crippen molar-refractivity contribution in [3.8, 4) is 0 Å². The number of hydrogen-bond donors (Lipinski definition) is 0. The molecule has 0 aliphatic carbocycles. The molecule has 2 nitrogen and oxygen atoms in total. The Morgan fingerprint density at radius 2 is 2.38 bits per heavy atom. The summed E-state index contributed by atoms with van der Waals surface area (Å²) < 4.78 is 2.09. The fourth-order valence-electron chi connectivity index (χ4n) is 0.936. The predicted octanol–water partition coefficient (Wildman–Crippen LogP) is -0.131. The minimum Gasteiger partial charge on any atom is -0.441 e. The maximum absolute atomic E-state index is 3.15. The lowest BCUT2D eigenvalue weighted by atomic mass is 10.3. The fourth-order valence-corrected chi connectivity index (χ4v) is 0.936. The van der Waals surface area contributed by atoms with E-state index in [1.165, 1.54) is 6.42 Å². The van der Waals surface area contributed by atoms with Crippen molar-refractivity contribution in [1.29, 1.82) is 0 Å². The monoisotopic (exact) mass is 112 g/mol. The van der Waals surface area contributed by atoms with Crippen LogP contribution in [0.4, 0.5) is 0 Å². The zero-order valence-corrected chi connectivity index (χ0v) is 5.52. The lowest BCUT2D eigenvalue weighted by molar-refractivity contribution is -0.502. The Morgan fingerprint density at radius 1 is 1.62 bits per heavy atom. The summed E-state index contributed by atoms with van der Waals surface area (Å²) in [6.45, 7) is 2.31. The Labute approximate surface area is 50.4 Å². The molecule has 46 valence electrons. The van der Waals surface area contributed by atoms with Gasteiger partial charge in [0, 0.05) is 20.5 Å². The second-order valence-corrected chi connectivity index (χ2v) is 2.30. The molecule has 0 bridgehead atoms. The number of rotatable bonds is 0. The molecule has 2 heteroatoms. The molecule has 0 aromatic carbocycles. The highest BCUT2D eigenvalue weighted by molar-refractivity contribution is 5.48. The van der Waals surface area contributed by atoms with Gasteiger partial charge < -0.3 is 9.48 Å². The van der Waals surface area contributed by atoms with Crippen LogP contribution >= 0.6 is 0 Å². The molecule has 0 saturated heterocycles. The maximum atomic E-state index is 3.15. The third kappa shape index (κ3) is 1.22. The van der Waals surface area contributed by atoms with Gasteiger partial charge in [-0.25, -0.2) is 0 Å². The van der Waals surface area contributed by atoms with Crippen LogP contribution in [-0.4, -0.2) is 43.0 Å². The Balaban J connectivity index is 2.50. The maximum Gasteiger partial charge on any atom is 0.0559 e. The van der Waals surface area contributed by atoms with Gasteiger partial charge in [-0.05, 0) is 0 Å². The average Bonchev–Trinajstić information content (AvgIpc) is 1.64. The summed E-state index contributed by atoms with van der Waals surface area (Å²) in [7, 11) is 4.10. The van der Waals surface area contributed by atoms with E-state index in [9.17, 15) is 0 Å². The van der Waals surface area contributed by atoms with Crippen molar-refractivity contribution in [2.24, 2.45) is 0 Å². The summed E-state index contributed by atoms with van der Waals surface area (Å²) >= 11 is 0. The molecule has 1 rings (SSSR count). The third-order valence-corrected chi connectivity index (χ3v) is 1.33. The summed E-state index contributed by atoms with van der Waals surface area (Å²) in [5.41, 5.74) is 0. The Kier molecular flexibility index (Phi) is 1.51. The van der Waals surface area contributed by atoms with Gasteiger partial charge in [-0.3, -0.25) is 0 Å². The third-order valence-electron chi connectivity index (χ3n) is 1.33. The first kappa shape index (κ1) is 5.60. The minimum absolute atomic E-state index is 1.16. The second kappa shape index (κ2) is 2.16. The van der Waals surface area contributed by atoms with Crippen LogP contribution < -0.4 is 0 Å². The first-order valence-electron chi connectivity index (χ1n) is 2.97. The Morgan fingerprint density at radius 3 is 2.75 bits per heavy atom. The van der Waals surface area contributed by atoms with E-state index in [2.05, 4.69) is 29.9 Å². The summed E-state index contributed by atoms with van der Waals surface area (Å²) in [6.07, 6.45) is 4.41. The topological polar surface area (TPSA) is 6.25 Å². The smallest absolute Gasteiger partial charge is 0.0559 e. The van der Waals surface area contributed by atoms with Gasteiger partial charge in [-0.2, -0.15) is 0 Å². The van der Waals surface area contributed by atoms with Gasteiger partial charge in [0.1, 0.15) is 0 Å². The van der Waals surface area contributed by atoms with Crippen LogP contribution in [0.5, 0.6) is 0 Å². The SMILES string of the molecule is CN1[C-]=[N+](C)CCC1. The van der Waals surface area contributed by atoms with E-state index < -0.39 is 0 Å². The molecule has 1 aliphatic rings. The van der Waals surface area contributed by atoms with Crippen molar-refractivity contribution >= 4 is 6.34 Å². The van der Waals surface area contributed by atoms with E-state index >= 15 is 0 Å². The van der Waals surface area contributed by atoms with Gasteiger partial charge in [-0.15, -0.1) is 6.34 Å². The van der Waals surface area contributed by atoms with E-state index in [1.54, 1.807) is 0 Å². The summed E-state index contributed by atoms with van der Waals surface area (Å²) in [6, 6.07) is 0. The van der Waals surface area contributed by atoms with E-state index in [-0.39, 0.29) is 0 Å². The van der Waals surface area contributed by atoms with Gasteiger partial charge >= 0.3 is 0 Å². The number of nitrogens with zero attached hydrogens (tertiary/aromatic N) is 2. The minimum atomic E-state index is 1.16. The van der Waals surface area contributed by atoms with Crippen molar-refractivity contribution < 1.29 is 4.58 Å². The van der Waals surface area contributed by atoms with Crippen LogP contribution in [0.2, 0.25) is 0 Å². The van der Waals surface area contributed by atoms with Gasteiger partial charge in [0.25, 0.3) is 0 Å². The fraction of sp³-hybridized carbons (Fsp3) is 0.833. The molecule has 0 amide bonds. The molecule has 0 radical (unpaired) electrons. The van der Waals surface area contributed by atoms with Gasteiger partial charge in [0.05, 0.1) is 13.1 Å². The summed E-state index contributed by atoms with van der Waals surface area (Å²) in [5.74, 6) is 0. The molecule has 0 unspecified atom stereocenters. The van der Waals surface area contributed by atoms with Gasteiger partial charge in [0.2, 0.25) is 0 Å². The van der Waals surface area contributed by atoms with Crippen molar-refractivity contribution in [3.05, 3.63) is 0 Å². The Bertz CT molecular complexity index is 107. The normalized spacial score (nSPS) is 20.8. The van der Waals surface area contributed by atoms with Gasteiger partial charge in [0.15, 0.2) is 0 Å². The molecule has 0 spiro atoms. The molecule has 0 atom stereocenters. The molecular weight excluding hydrogens is 100 g/mol. The molecule has 8 heavy (non-hydrogen) atoms. The van der Waals surface area contributed by atoms with Crippen molar-refractivity contribution in [2.75, 3.05) is 27.2 Å². The zero-order chi connectivity index (χ0) is 5.98. The molecule has 0 saturated carbocycles. The molecule has 0 aromatic rings. The van der Waals surface area contributed by atoms with Crippen molar-refractivity contribution in [3.63, 3.8) is 0 Å². The first-order chi connectivity index (χ1) is 3.79. The molecule has 1 aliphatic heterocycles. The van der Waals surface area contributed by atoms with Crippen LogP contribution in [0.1, 0.15) is 6.42 Å². The highest BCUT2D eigenvalue weighted by atomic mass is 15.2. The highest BCUT2D eigenvalue weighted by Gasteiger charge is 1.96. The largest absolute Gasteiger partial charge is 0.441 e. The summed E-state index contributed by atoms with van der Waals surface area (Å²) in [4.78, 5) is 2.09. The zero-order valence-electron chi connectivity index (χ0n) is 5.52. The van der Waals surface area contributed by atoms with E-state index in [1.807, 2.05) is 0 Å². The molecule has 0 aromatic heterocycles. The Hall–Kier alpha value is -0.530. The standard InChI is InChI=1S/C6H12N2/c1-7-4-3-5-8(2)6-7/h3-5H2,1-2H3. The van der Waals surface area contributed by atoms with Crippen LogP contribution in [0.3, 0.4) is 0 Å². The quantitative estimate of drug-likeness (QED) is 0.312.